The summed E-state index contributed by atoms with van der Waals surface area (Å²) in [5.74, 6) is 0.605. The molecule has 0 saturated carbocycles. The molecule has 0 radical (unpaired) electrons. The van der Waals surface area contributed by atoms with Crippen molar-refractivity contribution in [3.8, 4) is 34.0 Å². The number of benzene rings is 2. The lowest BCUT2D eigenvalue weighted by Gasteiger charge is -2.24. The molecule has 45 heavy (non-hydrogen) atoms. The lowest BCUT2D eigenvalue weighted by atomic mass is 10.0. The van der Waals surface area contributed by atoms with E-state index in [1.165, 1.54) is 0 Å². The number of nitrogens with zero attached hydrogens (tertiary/aromatic N) is 3. The van der Waals surface area contributed by atoms with Crippen LogP contribution in [0.5, 0.6) is 11.5 Å². The summed E-state index contributed by atoms with van der Waals surface area (Å²) in [6.45, 7) is 6.65. The van der Waals surface area contributed by atoms with Crippen LogP contribution in [-0.2, 0) is 14.3 Å². The summed E-state index contributed by atoms with van der Waals surface area (Å²) in [7, 11) is 1.56. The Morgan fingerprint density at radius 2 is 1.84 bits per heavy atom. The summed E-state index contributed by atoms with van der Waals surface area (Å²) < 4.78 is 24.6. The molecule has 1 aliphatic rings. The van der Waals surface area contributed by atoms with Crippen LogP contribution in [0.1, 0.15) is 69.6 Å². The zero-order valence-electron chi connectivity index (χ0n) is 26.2. The molecule has 1 atom stereocenters. The molecule has 0 bridgehead atoms. The number of carbonyl (C=O) groups excluding carboxylic acids is 2. The Kier molecular flexibility index (Phi) is 10.1. The second kappa shape index (κ2) is 14.4. The zero-order valence-corrected chi connectivity index (χ0v) is 26.2. The first-order valence-corrected chi connectivity index (χ1v) is 15.3. The summed E-state index contributed by atoms with van der Waals surface area (Å²) in [6, 6.07) is 20.5. The minimum Gasteiger partial charge on any atom is -0.495 e. The maximum atomic E-state index is 13.3. The van der Waals surface area contributed by atoms with E-state index in [4.69, 9.17) is 18.9 Å². The fourth-order valence-electron chi connectivity index (χ4n) is 5.09. The highest BCUT2D eigenvalue weighted by Gasteiger charge is 2.21. The summed E-state index contributed by atoms with van der Waals surface area (Å²) in [6.07, 6.45) is 5.45. The van der Waals surface area contributed by atoms with Crippen molar-refractivity contribution in [1.82, 2.24) is 14.8 Å². The molecule has 5 rings (SSSR count). The van der Waals surface area contributed by atoms with Crippen LogP contribution < -0.4 is 14.8 Å². The number of rotatable bonds is 11. The zero-order chi connectivity index (χ0) is 31.8. The van der Waals surface area contributed by atoms with Gasteiger partial charge < -0.3 is 24.3 Å². The number of aromatic nitrogens is 3. The number of nitrogens with one attached hydrogen (secondary N) is 1. The molecule has 1 saturated heterocycles. The standard InChI is InChI=1S/C35H40N4O6/c1-35(2,3)45-33(40)15-9-21-43-26-11-7-10-24(22-26)25-16-17-28(31(23-25)42-4)38-34(41)29-13-8-12-27(37-29)30-18-19-36-39(30)32-14-5-6-20-44-32/h7-8,10-13,16-19,22-23,32H,5-6,9,14-15,20-21H2,1-4H3,(H,38,41). The number of carbonyl (C=O) groups is 2. The quantitative estimate of drug-likeness (QED) is 0.141. The molecular formula is C35H40N4O6. The first-order valence-electron chi connectivity index (χ1n) is 15.3. The highest BCUT2D eigenvalue weighted by Crippen LogP contribution is 2.33. The van der Waals surface area contributed by atoms with Gasteiger partial charge in [-0.3, -0.25) is 9.59 Å². The van der Waals surface area contributed by atoms with E-state index in [-0.39, 0.29) is 23.8 Å². The molecule has 4 aromatic rings. The van der Waals surface area contributed by atoms with Gasteiger partial charge in [-0.15, -0.1) is 0 Å². The summed E-state index contributed by atoms with van der Waals surface area (Å²) in [4.78, 5) is 29.9. The SMILES string of the molecule is COc1cc(-c2cccc(OCCCC(=O)OC(C)(C)C)c2)ccc1NC(=O)c1cccc(-c2ccnn2C2CCCCO2)n1. The van der Waals surface area contributed by atoms with Crippen molar-refractivity contribution in [1.29, 1.82) is 0 Å². The maximum absolute atomic E-state index is 13.3. The van der Waals surface area contributed by atoms with Crippen molar-refractivity contribution in [2.75, 3.05) is 25.6 Å². The minimum atomic E-state index is -0.497. The number of pyridine rings is 1. The number of anilines is 1. The van der Waals surface area contributed by atoms with Crippen molar-refractivity contribution in [2.24, 2.45) is 0 Å². The minimum absolute atomic E-state index is 0.137. The van der Waals surface area contributed by atoms with E-state index in [1.54, 1.807) is 25.4 Å². The van der Waals surface area contributed by atoms with Gasteiger partial charge >= 0.3 is 5.97 Å². The van der Waals surface area contributed by atoms with Gasteiger partial charge in [-0.1, -0.05) is 24.3 Å². The number of amides is 1. The molecular weight excluding hydrogens is 572 g/mol. The van der Waals surface area contributed by atoms with E-state index in [0.29, 0.717) is 48.9 Å². The Labute approximate surface area is 263 Å². The average Bonchev–Trinajstić information content (AvgIpc) is 3.53. The molecule has 10 nitrogen and oxygen atoms in total. The summed E-state index contributed by atoms with van der Waals surface area (Å²) in [5, 5.41) is 7.40. The predicted octanol–water partition coefficient (Wildman–Crippen LogP) is 7.07. The van der Waals surface area contributed by atoms with Gasteiger partial charge in [-0.05, 0) is 100 Å². The largest absolute Gasteiger partial charge is 0.495 e. The number of hydrogen-bond acceptors (Lipinski definition) is 8. The molecule has 2 aromatic carbocycles. The van der Waals surface area contributed by atoms with Gasteiger partial charge in [0.2, 0.25) is 0 Å². The molecule has 2 aromatic heterocycles. The van der Waals surface area contributed by atoms with Gasteiger partial charge in [0.15, 0.2) is 6.23 Å². The second-order valence-electron chi connectivity index (χ2n) is 11.8. The summed E-state index contributed by atoms with van der Waals surface area (Å²) in [5.41, 5.74) is 3.55. The molecule has 1 N–H and O–H groups in total. The summed E-state index contributed by atoms with van der Waals surface area (Å²) >= 11 is 0. The Bertz CT molecular complexity index is 1620. The molecule has 0 spiro atoms. The van der Waals surface area contributed by atoms with Crippen LogP contribution in [-0.4, -0.2) is 52.6 Å². The van der Waals surface area contributed by atoms with Crippen LogP contribution in [0, 0.1) is 0 Å². The fraction of sp³-hybridized carbons (Fsp3) is 0.371. The maximum Gasteiger partial charge on any atom is 0.306 e. The number of ether oxygens (including phenoxy) is 4. The van der Waals surface area contributed by atoms with E-state index in [0.717, 1.165) is 36.1 Å². The highest BCUT2D eigenvalue weighted by molar-refractivity contribution is 6.04. The third kappa shape index (κ3) is 8.48. The van der Waals surface area contributed by atoms with E-state index < -0.39 is 5.60 Å². The van der Waals surface area contributed by atoms with Crippen molar-refractivity contribution in [2.45, 2.75) is 64.7 Å². The number of methoxy groups -OCH3 is 1. The van der Waals surface area contributed by atoms with Crippen LogP contribution in [0.3, 0.4) is 0 Å². The van der Waals surface area contributed by atoms with Crippen LogP contribution in [0.4, 0.5) is 5.69 Å². The van der Waals surface area contributed by atoms with Crippen molar-refractivity contribution in [3.63, 3.8) is 0 Å². The lowest BCUT2D eigenvalue weighted by molar-refractivity contribution is -0.155. The first-order chi connectivity index (χ1) is 21.7. The molecule has 0 aliphatic carbocycles. The van der Waals surface area contributed by atoms with E-state index in [1.807, 2.05) is 80.1 Å². The number of esters is 1. The van der Waals surface area contributed by atoms with Crippen molar-refractivity contribution >= 4 is 17.6 Å². The Balaban J connectivity index is 1.24. The predicted molar refractivity (Wildman–Crippen MR) is 171 cm³/mol. The monoisotopic (exact) mass is 612 g/mol. The molecule has 236 valence electrons. The third-order valence-corrected chi connectivity index (χ3v) is 7.17. The van der Waals surface area contributed by atoms with Gasteiger partial charge in [0.05, 0.1) is 30.8 Å². The van der Waals surface area contributed by atoms with Gasteiger partial charge in [0.25, 0.3) is 5.91 Å². The van der Waals surface area contributed by atoms with E-state index in [9.17, 15) is 9.59 Å². The topological polar surface area (TPSA) is 114 Å². The second-order valence-corrected chi connectivity index (χ2v) is 11.8. The van der Waals surface area contributed by atoms with Crippen LogP contribution in [0.2, 0.25) is 0 Å². The van der Waals surface area contributed by atoms with Gasteiger partial charge in [0, 0.05) is 19.2 Å². The van der Waals surface area contributed by atoms with Gasteiger partial charge in [-0.25, -0.2) is 9.67 Å². The Morgan fingerprint density at radius 3 is 2.62 bits per heavy atom. The molecule has 3 heterocycles. The Hall–Kier alpha value is -4.70. The van der Waals surface area contributed by atoms with E-state index >= 15 is 0 Å². The first kappa shape index (κ1) is 31.7. The molecule has 1 amide bonds. The van der Waals surface area contributed by atoms with Crippen molar-refractivity contribution in [3.05, 3.63) is 78.6 Å². The average molecular weight is 613 g/mol. The van der Waals surface area contributed by atoms with Gasteiger partial charge in [0.1, 0.15) is 22.8 Å². The Morgan fingerprint density at radius 1 is 1.02 bits per heavy atom. The number of hydrogen-bond donors (Lipinski definition) is 1. The molecule has 10 heteroatoms. The van der Waals surface area contributed by atoms with Crippen molar-refractivity contribution < 1.29 is 28.5 Å². The molecule has 1 aliphatic heterocycles. The fourth-order valence-corrected chi connectivity index (χ4v) is 5.09. The van der Waals surface area contributed by atoms with Gasteiger partial charge in [-0.2, -0.15) is 5.10 Å². The lowest BCUT2D eigenvalue weighted by Crippen LogP contribution is -2.23. The van der Waals surface area contributed by atoms with Crippen LogP contribution >= 0.6 is 0 Å². The highest BCUT2D eigenvalue weighted by atomic mass is 16.6. The van der Waals surface area contributed by atoms with Crippen LogP contribution in [0.25, 0.3) is 22.5 Å². The van der Waals surface area contributed by atoms with Crippen LogP contribution in [0.15, 0.2) is 72.9 Å². The molecule has 1 unspecified atom stereocenters. The third-order valence-electron chi connectivity index (χ3n) is 7.17. The smallest absolute Gasteiger partial charge is 0.306 e. The van der Waals surface area contributed by atoms with E-state index in [2.05, 4.69) is 15.4 Å². The normalized spacial score (nSPS) is 14.9. The molecule has 1 fully saturated rings.